The number of benzene rings is 1. The largest absolute Gasteiger partial charge is 0.491 e. The number of hydrogen-bond donors (Lipinski definition) is 1. The van der Waals surface area contributed by atoms with Crippen LogP contribution in [0.1, 0.15) is 38.5 Å². The van der Waals surface area contributed by atoms with Crippen molar-refractivity contribution < 1.29 is 23.1 Å². The molecule has 0 bridgehead atoms. The Labute approximate surface area is 139 Å². The number of likely N-dealkylation sites (tertiary alicyclic amines) is 1. The molecule has 0 aromatic heterocycles. The highest BCUT2D eigenvalue weighted by atomic mass is 19.1. The van der Waals surface area contributed by atoms with Crippen LogP contribution in [0.4, 0.5) is 8.78 Å². The molecule has 24 heavy (non-hydrogen) atoms. The summed E-state index contributed by atoms with van der Waals surface area (Å²) >= 11 is 0. The molecule has 1 atom stereocenters. The summed E-state index contributed by atoms with van der Waals surface area (Å²) in [7, 11) is 0. The SMILES string of the molecule is NC(=O)CC1CCCCN1C(=O)CCCOc1ccc(F)cc1F. The Hall–Kier alpha value is -2.18. The van der Waals surface area contributed by atoms with E-state index in [-0.39, 0.29) is 37.1 Å². The van der Waals surface area contributed by atoms with E-state index >= 15 is 0 Å². The molecule has 1 heterocycles. The lowest BCUT2D eigenvalue weighted by Gasteiger charge is -2.35. The van der Waals surface area contributed by atoms with E-state index in [1.54, 1.807) is 4.90 Å². The summed E-state index contributed by atoms with van der Waals surface area (Å²) in [6.45, 7) is 0.785. The molecule has 7 heteroatoms. The van der Waals surface area contributed by atoms with Crippen LogP contribution in [0.5, 0.6) is 5.75 Å². The molecule has 132 valence electrons. The summed E-state index contributed by atoms with van der Waals surface area (Å²) < 4.78 is 31.4. The van der Waals surface area contributed by atoms with E-state index in [0.717, 1.165) is 31.4 Å². The van der Waals surface area contributed by atoms with Gasteiger partial charge in [0.1, 0.15) is 5.82 Å². The second-order valence-corrected chi connectivity index (χ2v) is 5.93. The van der Waals surface area contributed by atoms with Gasteiger partial charge in [0.25, 0.3) is 0 Å². The lowest BCUT2D eigenvalue weighted by Crippen LogP contribution is -2.45. The summed E-state index contributed by atoms with van der Waals surface area (Å²) in [5.74, 6) is -1.92. The minimum Gasteiger partial charge on any atom is -0.491 e. The van der Waals surface area contributed by atoms with E-state index in [9.17, 15) is 18.4 Å². The Bertz CT molecular complexity index is 595. The van der Waals surface area contributed by atoms with Gasteiger partial charge in [0.05, 0.1) is 6.61 Å². The lowest BCUT2D eigenvalue weighted by atomic mass is 9.98. The summed E-state index contributed by atoms with van der Waals surface area (Å²) in [4.78, 5) is 25.1. The average molecular weight is 340 g/mol. The van der Waals surface area contributed by atoms with Gasteiger partial charge in [-0.25, -0.2) is 8.78 Å². The van der Waals surface area contributed by atoms with Crippen LogP contribution in [-0.4, -0.2) is 35.9 Å². The lowest BCUT2D eigenvalue weighted by molar-refractivity contribution is -0.136. The number of nitrogens with two attached hydrogens (primary N) is 1. The molecule has 5 nitrogen and oxygen atoms in total. The van der Waals surface area contributed by atoms with Gasteiger partial charge in [-0.1, -0.05) is 0 Å². The van der Waals surface area contributed by atoms with Gasteiger partial charge in [0.15, 0.2) is 11.6 Å². The Kier molecular flexibility index (Phi) is 6.52. The molecule has 1 aliphatic rings. The van der Waals surface area contributed by atoms with E-state index in [1.165, 1.54) is 6.07 Å². The van der Waals surface area contributed by atoms with Crippen LogP contribution >= 0.6 is 0 Å². The highest BCUT2D eigenvalue weighted by molar-refractivity contribution is 5.79. The number of hydrogen-bond acceptors (Lipinski definition) is 3. The zero-order chi connectivity index (χ0) is 17.5. The van der Waals surface area contributed by atoms with Crippen molar-refractivity contribution in [1.82, 2.24) is 4.90 Å². The van der Waals surface area contributed by atoms with E-state index in [2.05, 4.69) is 0 Å². The first-order valence-electron chi connectivity index (χ1n) is 8.13. The van der Waals surface area contributed by atoms with Crippen LogP contribution in [0.3, 0.4) is 0 Å². The Morgan fingerprint density at radius 1 is 1.29 bits per heavy atom. The molecule has 2 N–H and O–H groups in total. The molecule has 1 saturated heterocycles. The number of carbonyl (C=O) groups excluding carboxylic acids is 2. The third-order valence-electron chi connectivity index (χ3n) is 4.07. The Balaban J connectivity index is 1.78. The fraction of sp³-hybridized carbons (Fsp3) is 0.529. The van der Waals surface area contributed by atoms with Crippen molar-refractivity contribution in [3.05, 3.63) is 29.8 Å². The molecule has 1 aliphatic heterocycles. The van der Waals surface area contributed by atoms with Gasteiger partial charge in [-0.3, -0.25) is 9.59 Å². The standard InChI is InChI=1S/C17H22F2N2O3/c18-12-6-7-15(14(19)10-12)24-9-3-5-17(23)21-8-2-1-4-13(21)11-16(20)22/h6-7,10,13H,1-5,8-9,11H2,(H2,20,22). The van der Waals surface area contributed by atoms with Gasteiger partial charge in [-0.15, -0.1) is 0 Å². The van der Waals surface area contributed by atoms with Gasteiger partial charge in [-0.2, -0.15) is 0 Å². The van der Waals surface area contributed by atoms with E-state index in [0.29, 0.717) is 13.0 Å². The molecule has 1 unspecified atom stereocenters. The molecular weight excluding hydrogens is 318 g/mol. The predicted octanol–water partition coefficient (Wildman–Crippen LogP) is 2.38. The topological polar surface area (TPSA) is 72.6 Å². The molecule has 2 amide bonds. The molecule has 0 aliphatic carbocycles. The van der Waals surface area contributed by atoms with Gasteiger partial charge >= 0.3 is 0 Å². The Morgan fingerprint density at radius 3 is 2.79 bits per heavy atom. The van der Waals surface area contributed by atoms with Crippen LogP contribution in [0.2, 0.25) is 0 Å². The summed E-state index contributed by atoms with van der Waals surface area (Å²) in [5.41, 5.74) is 5.24. The van der Waals surface area contributed by atoms with Gasteiger partial charge in [0.2, 0.25) is 11.8 Å². The third kappa shape index (κ3) is 5.18. The summed E-state index contributed by atoms with van der Waals surface area (Å²) in [5, 5.41) is 0. The fourth-order valence-electron chi connectivity index (χ4n) is 2.91. The first kappa shape index (κ1) is 18.2. The minimum absolute atomic E-state index is 0.0339. The number of nitrogens with zero attached hydrogens (tertiary/aromatic N) is 1. The molecular formula is C17H22F2N2O3. The molecule has 1 aromatic carbocycles. The minimum atomic E-state index is -0.765. The number of halogens is 2. The fourth-order valence-corrected chi connectivity index (χ4v) is 2.91. The van der Waals surface area contributed by atoms with Crippen molar-refractivity contribution >= 4 is 11.8 Å². The van der Waals surface area contributed by atoms with E-state index in [4.69, 9.17) is 10.5 Å². The number of rotatable bonds is 7. The predicted molar refractivity (Wildman–Crippen MR) is 84.3 cm³/mol. The van der Waals surface area contributed by atoms with Crippen molar-refractivity contribution in [3.63, 3.8) is 0 Å². The van der Waals surface area contributed by atoms with Gasteiger partial charge < -0.3 is 15.4 Å². The summed E-state index contributed by atoms with van der Waals surface area (Å²) in [6.07, 6.45) is 3.52. The van der Waals surface area contributed by atoms with Crippen LogP contribution in [0, 0.1) is 11.6 Å². The van der Waals surface area contributed by atoms with Gasteiger partial charge in [0, 0.05) is 31.5 Å². The van der Waals surface area contributed by atoms with Crippen molar-refractivity contribution in [2.45, 2.75) is 44.6 Å². The third-order valence-corrected chi connectivity index (χ3v) is 4.07. The number of piperidine rings is 1. The van der Waals surface area contributed by atoms with Crippen molar-refractivity contribution in [2.75, 3.05) is 13.2 Å². The molecule has 1 aromatic rings. The number of primary amides is 1. The number of carbonyl (C=O) groups is 2. The second kappa shape index (κ2) is 8.61. The van der Waals surface area contributed by atoms with E-state index < -0.39 is 17.5 Å². The molecule has 0 spiro atoms. The molecule has 1 fully saturated rings. The van der Waals surface area contributed by atoms with Gasteiger partial charge in [-0.05, 0) is 37.8 Å². The highest BCUT2D eigenvalue weighted by Crippen LogP contribution is 2.21. The second-order valence-electron chi connectivity index (χ2n) is 5.93. The van der Waals surface area contributed by atoms with Crippen LogP contribution in [0.25, 0.3) is 0 Å². The van der Waals surface area contributed by atoms with Crippen LogP contribution < -0.4 is 10.5 Å². The van der Waals surface area contributed by atoms with Crippen LogP contribution in [-0.2, 0) is 9.59 Å². The quantitative estimate of drug-likeness (QED) is 0.775. The zero-order valence-electron chi connectivity index (χ0n) is 13.5. The maximum atomic E-state index is 13.4. The molecule has 0 saturated carbocycles. The Morgan fingerprint density at radius 2 is 2.08 bits per heavy atom. The van der Waals surface area contributed by atoms with Crippen LogP contribution in [0.15, 0.2) is 18.2 Å². The first-order chi connectivity index (χ1) is 11.5. The maximum absolute atomic E-state index is 13.4. The van der Waals surface area contributed by atoms with Crippen molar-refractivity contribution in [2.24, 2.45) is 5.73 Å². The smallest absolute Gasteiger partial charge is 0.222 e. The summed E-state index contributed by atoms with van der Waals surface area (Å²) in [6, 6.07) is 2.97. The highest BCUT2D eigenvalue weighted by Gasteiger charge is 2.27. The monoisotopic (exact) mass is 340 g/mol. The zero-order valence-corrected chi connectivity index (χ0v) is 13.5. The average Bonchev–Trinajstić information content (AvgIpc) is 2.53. The molecule has 2 rings (SSSR count). The van der Waals surface area contributed by atoms with Crippen molar-refractivity contribution in [1.29, 1.82) is 0 Å². The first-order valence-corrected chi connectivity index (χ1v) is 8.13. The van der Waals surface area contributed by atoms with Crippen molar-refractivity contribution in [3.8, 4) is 5.75 Å². The molecule has 0 radical (unpaired) electrons. The maximum Gasteiger partial charge on any atom is 0.222 e. The number of ether oxygens (including phenoxy) is 1. The number of amides is 2. The van der Waals surface area contributed by atoms with E-state index in [1.807, 2.05) is 0 Å². The normalized spacial score (nSPS) is 17.6.